The first kappa shape index (κ1) is 18.1. The van der Waals surface area contributed by atoms with Crippen molar-refractivity contribution in [2.45, 2.75) is 39.4 Å². The monoisotopic (exact) mass is 355 g/mol. The largest absolute Gasteiger partial charge is 0.486 e. The van der Waals surface area contributed by atoms with Crippen LogP contribution in [0.15, 0.2) is 42.5 Å². The molecule has 3 rings (SSSR count). The fourth-order valence-corrected chi connectivity index (χ4v) is 2.82. The Morgan fingerprint density at radius 3 is 2.73 bits per heavy atom. The Kier molecular flexibility index (Phi) is 5.66. The van der Waals surface area contributed by atoms with E-state index in [9.17, 15) is 4.79 Å². The zero-order valence-corrected chi connectivity index (χ0v) is 15.5. The van der Waals surface area contributed by atoms with Gasteiger partial charge in [-0.1, -0.05) is 31.2 Å². The van der Waals surface area contributed by atoms with Gasteiger partial charge in [0.15, 0.2) is 17.6 Å². The highest BCUT2D eigenvalue weighted by Crippen LogP contribution is 2.30. The van der Waals surface area contributed by atoms with Gasteiger partial charge in [0, 0.05) is 0 Å². The van der Waals surface area contributed by atoms with Gasteiger partial charge in [-0.05, 0) is 49.6 Å². The third-order valence-corrected chi connectivity index (χ3v) is 4.56. The summed E-state index contributed by atoms with van der Waals surface area (Å²) >= 11 is 0. The predicted octanol–water partition coefficient (Wildman–Crippen LogP) is 3.42. The maximum absolute atomic E-state index is 12.5. The molecule has 0 radical (unpaired) electrons. The lowest BCUT2D eigenvalue weighted by molar-refractivity contribution is -0.128. The minimum atomic E-state index is -0.535. The van der Waals surface area contributed by atoms with E-state index < -0.39 is 6.10 Å². The molecule has 26 heavy (non-hydrogen) atoms. The number of hydrogen-bond acceptors (Lipinski definition) is 4. The van der Waals surface area contributed by atoms with Crippen LogP contribution in [0.2, 0.25) is 0 Å². The lowest BCUT2D eigenvalue weighted by Crippen LogP contribution is -2.45. The number of benzene rings is 2. The quantitative estimate of drug-likeness (QED) is 0.863. The van der Waals surface area contributed by atoms with E-state index in [0.29, 0.717) is 25.3 Å². The average Bonchev–Trinajstić information content (AvgIpc) is 2.67. The lowest BCUT2D eigenvalue weighted by Gasteiger charge is -2.27. The molecule has 0 bridgehead atoms. The molecule has 1 heterocycles. The molecule has 2 aromatic rings. The molecular formula is C21H25NO4. The van der Waals surface area contributed by atoms with Crippen molar-refractivity contribution in [3.63, 3.8) is 0 Å². The molecule has 0 fully saturated rings. The molecule has 1 N–H and O–H groups in total. The van der Waals surface area contributed by atoms with Gasteiger partial charge in [-0.2, -0.15) is 0 Å². The van der Waals surface area contributed by atoms with Gasteiger partial charge >= 0.3 is 0 Å². The predicted molar refractivity (Wildman–Crippen MR) is 100.0 cm³/mol. The molecule has 0 saturated heterocycles. The SMILES string of the molecule is CC[C@H](Oc1cccc(C)c1C)C(=O)NC[C@@H]1COc2ccccc2O1. The van der Waals surface area contributed by atoms with E-state index in [1.807, 2.05) is 63.2 Å². The zero-order chi connectivity index (χ0) is 18.5. The molecule has 1 aliphatic rings. The van der Waals surface area contributed by atoms with E-state index in [0.717, 1.165) is 22.6 Å². The Hall–Kier alpha value is -2.69. The average molecular weight is 355 g/mol. The van der Waals surface area contributed by atoms with Crippen molar-refractivity contribution < 1.29 is 19.0 Å². The highest BCUT2D eigenvalue weighted by Gasteiger charge is 2.24. The molecule has 0 spiro atoms. The van der Waals surface area contributed by atoms with Crippen LogP contribution in [0, 0.1) is 13.8 Å². The van der Waals surface area contributed by atoms with Crippen molar-refractivity contribution in [1.82, 2.24) is 5.32 Å². The molecule has 5 nitrogen and oxygen atoms in total. The number of para-hydroxylation sites is 2. The van der Waals surface area contributed by atoms with Crippen molar-refractivity contribution in [2.75, 3.05) is 13.2 Å². The molecule has 0 aromatic heterocycles. The fourth-order valence-electron chi connectivity index (χ4n) is 2.82. The summed E-state index contributed by atoms with van der Waals surface area (Å²) in [5.41, 5.74) is 2.20. The maximum atomic E-state index is 12.5. The van der Waals surface area contributed by atoms with Gasteiger partial charge in [-0.3, -0.25) is 4.79 Å². The Morgan fingerprint density at radius 2 is 1.96 bits per heavy atom. The van der Waals surface area contributed by atoms with E-state index in [-0.39, 0.29) is 12.0 Å². The van der Waals surface area contributed by atoms with Crippen LogP contribution in [-0.4, -0.2) is 31.3 Å². The van der Waals surface area contributed by atoms with Gasteiger partial charge in [-0.15, -0.1) is 0 Å². The van der Waals surface area contributed by atoms with Crippen molar-refractivity contribution in [1.29, 1.82) is 0 Å². The van der Waals surface area contributed by atoms with E-state index in [4.69, 9.17) is 14.2 Å². The summed E-state index contributed by atoms with van der Waals surface area (Å²) < 4.78 is 17.5. The summed E-state index contributed by atoms with van der Waals surface area (Å²) in [6.45, 7) is 6.75. The zero-order valence-electron chi connectivity index (χ0n) is 15.5. The highest BCUT2D eigenvalue weighted by molar-refractivity contribution is 5.81. The van der Waals surface area contributed by atoms with Crippen LogP contribution < -0.4 is 19.5 Å². The molecule has 0 saturated carbocycles. The second kappa shape index (κ2) is 8.13. The van der Waals surface area contributed by atoms with Gasteiger partial charge in [0.1, 0.15) is 18.5 Å². The van der Waals surface area contributed by atoms with Crippen LogP contribution >= 0.6 is 0 Å². The van der Waals surface area contributed by atoms with Crippen LogP contribution in [-0.2, 0) is 4.79 Å². The second-order valence-corrected chi connectivity index (χ2v) is 6.46. The number of nitrogens with one attached hydrogen (secondary N) is 1. The Balaban J connectivity index is 1.56. The number of hydrogen-bond donors (Lipinski definition) is 1. The minimum Gasteiger partial charge on any atom is -0.486 e. The summed E-state index contributed by atoms with van der Waals surface area (Å²) in [4.78, 5) is 12.5. The second-order valence-electron chi connectivity index (χ2n) is 6.46. The third-order valence-electron chi connectivity index (χ3n) is 4.56. The number of carbonyl (C=O) groups excluding carboxylic acids is 1. The first-order valence-electron chi connectivity index (χ1n) is 8.97. The maximum Gasteiger partial charge on any atom is 0.261 e. The van der Waals surface area contributed by atoms with E-state index in [1.54, 1.807) is 0 Å². The van der Waals surface area contributed by atoms with E-state index in [2.05, 4.69) is 5.32 Å². The number of fused-ring (bicyclic) bond motifs is 1. The van der Waals surface area contributed by atoms with E-state index >= 15 is 0 Å². The Bertz CT molecular complexity index is 774. The first-order chi connectivity index (χ1) is 12.6. The molecule has 138 valence electrons. The molecular weight excluding hydrogens is 330 g/mol. The normalized spacial score (nSPS) is 16.7. The van der Waals surface area contributed by atoms with Crippen molar-refractivity contribution in [2.24, 2.45) is 0 Å². The van der Waals surface area contributed by atoms with E-state index in [1.165, 1.54) is 0 Å². The molecule has 1 amide bonds. The Labute approximate surface area is 154 Å². The third kappa shape index (κ3) is 4.10. The molecule has 2 atom stereocenters. The number of amides is 1. The molecule has 0 unspecified atom stereocenters. The first-order valence-corrected chi connectivity index (χ1v) is 8.97. The number of rotatable bonds is 6. The molecule has 1 aliphatic heterocycles. The summed E-state index contributed by atoms with van der Waals surface area (Å²) in [5.74, 6) is 2.05. The summed E-state index contributed by atoms with van der Waals surface area (Å²) in [5, 5.41) is 2.92. The fraction of sp³-hybridized carbons (Fsp3) is 0.381. The molecule has 0 aliphatic carbocycles. The van der Waals surface area contributed by atoms with Gasteiger partial charge in [-0.25, -0.2) is 0 Å². The van der Waals surface area contributed by atoms with Crippen LogP contribution in [0.25, 0.3) is 0 Å². The van der Waals surface area contributed by atoms with Gasteiger partial charge in [0.25, 0.3) is 5.91 Å². The van der Waals surface area contributed by atoms with Crippen molar-refractivity contribution in [3.8, 4) is 17.2 Å². The number of ether oxygens (including phenoxy) is 3. The summed E-state index contributed by atoms with van der Waals surface area (Å²) in [6.07, 6.45) is -0.163. The number of aryl methyl sites for hydroxylation is 1. The molecule has 2 aromatic carbocycles. The van der Waals surface area contributed by atoms with Gasteiger partial charge < -0.3 is 19.5 Å². The number of carbonyl (C=O) groups is 1. The van der Waals surface area contributed by atoms with Crippen LogP contribution in [0.1, 0.15) is 24.5 Å². The van der Waals surface area contributed by atoms with Crippen LogP contribution in [0.5, 0.6) is 17.2 Å². The topological polar surface area (TPSA) is 56.8 Å². The standard InChI is InChI=1S/C21H25NO4/c1-4-17(26-18-11-7-8-14(2)15(18)3)21(23)22-12-16-13-24-19-9-5-6-10-20(19)25-16/h5-11,16-17H,4,12-13H2,1-3H3,(H,22,23)/t16-,17+/m1/s1. The molecule has 5 heteroatoms. The Morgan fingerprint density at radius 1 is 1.19 bits per heavy atom. The van der Waals surface area contributed by atoms with Gasteiger partial charge in [0.2, 0.25) is 0 Å². The smallest absolute Gasteiger partial charge is 0.261 e. The highest BCUT2D eigenvalue weighted by atomic mass is 16.6. The summed E-state index contributed by atoms with van der Waals surface area (Å²) in [6, 6.07) is 13.4. The lowest BCUT2D eigenvalue weighted by atomic mass is 10.1. The van der Waals surface area contributed by atoms with Crippen molar-refractivity contribution in [3.05, 3.63) is 53.6 Å². The van der Waals surface area contributed by atoms with Crippen LogP contribution in [0.3, 0.4) is 0 Å². The van der Waals surface area contributed by atoms with Crippen molar-refractivity contribution >= 4 is 5.91 Å². The van der Waals surface area contributed by atoms with Gasteiger partial charge in [0.05, 0.1) is 6.54 Å². The summed E-state index contributed by atoms with van der Waals surface area (Å²) in [7, 11) is 0. The minimum absolute atomic E-state index is 0.143. The van der Waals surface area contributed by atoms with Crippen LogP contribution in [0.4, 0.5) is 0 Å².